The van der Waals surface area contributed by atoms with Crippen molar-refractivity contribution in [1.29, 1.82) is 0 Å². The van der Waals surface area contributed by atoms with Crippen LogP contribution in [0.25, 0.3) is 5.32 Å². The van der Waals surface area contributed by atoms with Gasteiger partial charge in [-0.05, 0) is 82.5 Å². The number of carbonyl (C=O) groups excluding carboxylic acids is 1. The minimum Gasteiger partial charge on any atom is -0.873 e. The van der Waals surface area contributed by atoms with Crippen LogP contribution in [-0.4, -0.2) is 16.9 Å². The molecule has 0 aromatic heterocycles. The molecule has 0 saturated heterocycles. The number of ketones is 1. The Hall–Kier alpha value is -5.02. The Morgan fingerprint density at radius 1 is 0.649 bits per heavy atom. The second kappa shape index (κ2) is 22.1. The summed E-state index contributed by atoms with van der Waals surface area (Å²) in [6.45, 7) is 26.9. The first kappa shape index (κ1) is 52.0. The van der Waals surface area contributed by atoms with Crippen molar-refractivity contribution in [3.8, 4) is 11.5 Å². The quantitative estimate of drug-likeness (QED) is 0.0657. The molecule has 10 nitrogen and oxygen atoms in total. The number of aliphatic imine (C=N–C) groups is 1. The summed E-state index contributed by atoms with van der Waals surface area (Å²) < 4.78 is 0. The van der Waals surface area contributed by atoms with Gasteiger partial charge in [0, 0.05) is 11.4 Å². The molecule has 310 valence electrons. The topological polar surface area (TPSA) is 185 Å². The van der Waals surface area contributed by atoms with Crippen LogP contribution in [0.2, 0.25) is 0 Å². The van der Waals surface area contributed by atoms with Gasteiger partial charge in [-0.1, -0.05) is 155 Å². The smallest absolute Gasteiger partial charge is 0.873 e. The van der Waals surface area contributed by atoms with Crippen LogP contribution in [0.4, 0.5) is 22.7 Å². The van der Waals surface area contributed by atoms with E-state index in [-0.39, 0.29) is 59.0 Å². The van der Waals surface area contributed by atoms with E-state index in [4.69, 9.17) is 11.5 Å². The summed E-state index contributed by atoms with van der Waals surface area (Å²) in [7, 11) is 0. The van der Waals surface area contributed by atoms with Crippen molar-refractivity contribution < 1.29 is 39.4 Å². The molecule has 0 unspecified atom stereocenters. The second-order valence-corrected chi connectivity index (χ2v) is 17.7. The largest absolute Gasteiger partial charge is 3.00 e. The zero-order chi connectivity index (χ0) is 43.2. The average molecular weight is 868 g/mol. The Labute approximate surface area is 353 Å². The maximum absolute atomic E-state index is 13.2. The van der Waals surface area contributed by atoms with Crippen LogP contribution >= 0.6 is 0 Å². The maximum Gasteiger partial charge on any atom is 3.00 e. The maximum atomic E-state index is 13.2. The number of benzene rings is 4. The van der Waals surface area contributed by atoms with Crippen LogP contribution in [0.3, 0.4) is 0 Å². The summed E-state index contributed by atoms with van der Waals surface area (Å²) in [4.78, 5) is 24.9. The number of rotatable bonds is 5. The van der Waals surface area contributed by atoms with Crippen LogP contribution < -0.4 is 21.7 Å². The first-order valence-corrected chi connectivity index (χ1v) is 18.5. The molecule has 0 aliphatic carbocycles. The van der Waals surface area contributed by atoms with Gasteiger partial charge in [0.25, 0.3) is 5.70 Å². The van der Waals surface area contributed by atoms with E-state index in [1.807, 2.05) is 156 Å². The molecule has 0 fully saturated rings. The summed E-state index contributed by atoms with van der Waals surface area (Å²) in [5.41, 5.74) is 13.9. The van der Waals surface area contributed by atoms with Crippen molar-refractivity contribution in [3.05, 3.63) is 135 Å². The van der Waals surface area contributed by atoms with Crippen LogP contribution in [0, 0.1) is 10.1 Å². The van der Waals surface area contributed by atoms with Gasteiger partial charge >= 0.3 is 19.5 Å². The fourth-order valence-corrected chi connectivity index (χ4v) is 4.70. The molecule has 0 atom stereocenters. The van der Waals surface area contributed by atoms with E-state index in [9.17, 15) is 25.1 Å². The van der Waals surface area contributed by atoms with Crippen molar-refractivity contribution in [1.82, 2.24) is 0 Å². The molecule has 0 saturated carbocycles. The summed E-state index contributed by atoms with van der Waals surface area (Å²) in [5.74, 6) is -0.369. The number of anilines is 2. The molecule has 0 radical (unpaired) electrons. The van der Waals surface area contributed by atoms with Crippen LogP contribution in [-0.2, 0) is 45.9 Å². The van der Waals surface area contributed by atoms with Gasteiger partial charge in [-0.2, -0.15) is 0 Å². The fourth-order valence-electron chi connectivity index (χ4n) is 4.70. The molecule has 4 N–H and O–H groups in total. The first-order valence-electron chi connectivity index (χ1n) is 18.5. The zero-order valence-electron chi connectivity index (χ0n) is 36.1. The van der Waals surface area contributed by atoms with Crippen molar-refractivity contribution in [2.45, 2.75) is 119 Å². The van der Waals surface area contributed by atoms with Gasteiger partial charge in [-0.25, -0.2) is 0 Å². The average Bonchev–Trinajstić information content (AvgIpc) is 3.04. The van der Waals surface area contributed by atoms with E-state index in [0.717, 1.165) is 34.9 Å². The molecule has 0 spiro atoms. The molecule has 0 heterocycles. The van der Waals surface area contributed by atoms with Crippen molar-refractivity contribution in [2.75, 3.05) is 11.5 Å². The third kappa shape index (κ3) is 18.7. The molecule has 57 heavy (non-hydrogen) atoms. The zero-order valence-corrected chi connectivity index (χ0v) is 37.7. The number of hydrogen-bond donors (Lipinski definition) is 2. The number of para-hydroxylation sites is 2. The number of carbonyl (C=O) groups is 1. The Kier molecular flexibility index (Phi) is 20.1. The fraction of sp³-hybridized carbons (Fsp3) is 0.391. The standard InChI is InChI=1S/C31H44N3O4.2C6H7N.C3H6O.Rh/c1-28(2,3)19-13-22(30(7,8)9)26(35)24(15-19)32-17-21(34(37)38)18-33-25-16-20(29(4,5)6)14-23(27(25)36)31(10,11)12;2*7-6-4-2-1-3-5-6;1-3(2)4;/h13-18H,1-12H3,(H2-,32,33,35,36);2*1-5H,7H2;1-2H3;/q-1;;;;+3/p-2. The SMILES string of the molecule is CC(C)(C)c1cc(N=C/C(=C\[N-]c2cc(C(C)(C)C)cc(C(C)(C)C)c2[O-])[N+](=O)[O-])c([O-])c(C(C)(C)C)c1.CC(C)=O.Nc1ccccc1.Nc1ccccc1.[Rh+3]. The van der Waals surface area contributed by atoms with E-state index < -0.39 is 21.5 Å². The molecule has 4 aromatic rings. The number of nitro groups is 1. The normalized spacial score (nSPS) is 11.7. The van der Waals surface area contributed by atoms with Gasteiger partial charge in [0.15, 0.2) is 0 Å². The third-order valence-corrected chi connectivity index (χ3v) is 7.97. The molecule has 4 rings (SSSR count). The van der Waals surface area contributed by atoms with Gasteiger partial charge in [0.2, 0.25) is 0 Å². The second-order valence-electron chi connectivity index (χ2n) is 17.7. The van der Waals surface area contributed by atoms with Gasteiger partial charge in [0.05, 0.1) is 10.6 Å². The summed E-state index contributed by atoms with van der Waals surface area (Å²) in [6, 6.07) is 26.1. The monoisotopic (exact) mass is 867 g/mol. The van der Waals surface area contributed by atoms with Gasteiger partial charge < -0.3 is 31.8 Å². The minimum atomic E-state index is -0.626. The molecular formula is C46H62N5O5Rh. The Balaban J connectivity index is 0.00000134. The van der Waals surface area contributed by atoms with Gasteiger partial charge in [0.1, 0.15) is 12.0 Å². The molecule has 4 aromatic carbocycles. The minimum absolute atomic E-state index is 0. The predicted octanol–water partition coefficient (Wildman–Crippen LogP) is 10.7. The summed E-state index contributed by atoms with van der Waals surface area (Å²) >= 11 is 0. The third-order valence-electron chi connectivity index (χ3n) is 7.97. The van der Waals surface area contributed by atoms with Gasteiger partial charge in [-0.15, -0.1) is 11.4 Å². The molecule has 11 heteroatoms. The molecule has 0 amide bonds. The number of nitrogen functional groups attached to an aromatic ring is 2. The Morgan fingerprint density at radius 2 is 1.02 bits per heavy atom. The van der Waals surface area contributed by atoms with E-state index >= 15 is 0 Å². The van der Waals surface area contributed by atoms with Crippen molar-refractivity contribution >= 4 is 34.7 Å². The van der Waals surface area contributed by atoms with Crippen LogP contribution in [0.15, 0.2) is 102 Å². The Morgan fingerprint density at radius 3 is 1.33 bits per heavy atom. The molecule has 0 aliphatic rings. The summed E-state index contributed by atoms with van der Waals surface area (Å²) in [6.07, 6.45) is 2.06. The molecule has 0 aliphatic heterocycles. The van der Waals surface area contributed by atoms with E-state index in [1.54, 1.807) is 12.1 Å². The summed E-state index contributed by atoms with van der Waals surface area (Å²) in [5, 5.41) is 42.5. The number of hydrogen-bond acceptors (Lipinski definition) is 8. The van der Waals surface area contributed by atoms with E-state index in [2.05, 4.69) is 10.3 Å². The number of nitrogens with zero attached hydrogens (tertiary/aromatic N) is 3. The molecular weight excluding hydrogens is 805 g/mol. The number of allylic oxidation sites excluding steroid dienone is 1. The van der Waals surface area contributed by atoms with Crippen LogP contribution in [0.5, 0.6) is 11.5 Å². The van der Waals surface area contributed by atoms with E-state index in [0.29, 0.717) is 11.1 Å². The van der Waals surface area contributed by atoms with Gasteiger partial charge in [-0.3, -0.25) is 15.1 Å². The predicted molar refractivity (Wildman–Crippen MR) is 231 cm³/mol. The first-order chi connectivity index (χ1) is 25.5. The van der Waals surface area contributed by atoms with Crippen molar-refractivity contribution in [2.24, 2.45) is 4.99 Å². The number of Topliss-reactive ketones (excluding diaryl/α,β-unsaturated/α-hetero) is 1. The Bertz CT molecular complexity index is 1910. The molecule has 0 bridgehead atoms. The number of nitrogens with two attached hydrogens (primary N) is 2. The van der Waals surface area contributed by atoms with Crippen LogP contribution in [0.1, 0.15) is 119 Å². The van der Waals surface area contributed by atoms with E-state index in [1.165, 1.54) is 13.8 Å². The van der Waals surface area contributed by atoms with Crippen molar-refractivity contribution in [3.63, 3.8) is 0 Å².